The number of hydrogen-bond donors (Lipinski definition) is 3. The Morgan fingerprint density at radius 1 is 1.06 bits per heavy atom. The molecule has 1 aromatic heterocycles. The molecule has 1 heterocycles. The molecule has 35 heavy (non-hydrogen) atoms. The van der Waals surface area contributed by atoms with Crippen LogP contribution in [0.3, 0.4) is 0 Å². The van der Waals surface area contributed by atoms with Crippen LogP contribution < -0.4 is 21.1 Å². The Bertz CT molecular complexity index is 1080. The summed E-state index contributed by atoms with van der Waals surface area (Å²) in [6.07, 6.45) is -1.56. The number of carbonyl (C=O) groups excluding carboxylic acids is 3. The van der Waals surface area contributed by atoms with E-state index in [0.29, 0.717) is 0 Å². The van der Waals surface area contributed by atoms with Gasteiger partial charge in [-0.25, -0.2) is 14.6 Å². The van der Waals surface area contributed by atoms with Gasteiger partial charge in [-0.15, -0.1) is 10.2 Å². The monoisotopic (exact) mass is 486 g/mol. The summed E-state index contributed by atoms with van der Waals surface area (Å²) < 4.78 is 15.3. The van der Waals surface area contributed by atoms with E-state index in [0.717, 1.165) is 0 Å². The normalized spacial score (nSPS) is 11.3. The van der Waals surface area contributed by atoms with E-state index in [2.05, 4.69) is 25.8 Å². The highest BCUT2D eigenvalue weighted by Gasteiger charge is 2.17. The number of nitrogens with zero attached hydrogens (tertiary/aromatic N) is 3. The van der Waals surface area contributed by atoms with Crippen molar-refractivity contribution in [3.63, 3.8) is 0 Å². The molecule has 0 spiro atoms. The van der Waals surface area contributed by atoms with E-state index < -0.39 is 23.8 Å². The number of amides is 2. The number of ether oxygens (including phenoxy) is 3. The maximum Gasteiger partial charge on any atom is 0.513 e. The first kappa shape index (κ1) is 27.0. The number of nitrogen functional groups attached to an aromatic ring is 1. The molecule has 4 N–H and O–H groups in total. The van der Waals surface area contributed by atoms with Crippen LogP contribution in [0, 0.1) is 5.92 Å². The van der Waals surface area contributed by atoms with Crippen molar-refractivity contribution in [3.05, 3.63) is 36.4 Å². The van der Waals surface area contributed by atoms with Crippen LogP contribution in [0.2, 0.25) is 0 Å². The third kappa shape index (κ3) is 10.1. The predicted octanol–water partition coefficient (Wildman–Crippen LogP) is 4.71. The van der Waals surface area contributed by atoms with Gasteiger partial charge in [-0.3, -0.25) is 4.79 Å². The lowest BCUT2D eigenvalue weighted by Crippen LogP contribution is -2.37. The summed E-state index contributed by atoms with van der Waals surface area (Å²) in [5.74, 6) is -0.0251. The smallest absolute Gasteiger partial charge is 0.444 e. The predicted molar refractivity (Wildman–Crippen MR) is 129 cm³/mol. The molecule has 0 aliphatic heterocycles. The van der Waals surface area contributed by atoms with Crippen LogP contribution in [-0.2, 0) is 14.3 Å². The molecule has 0 fully saturated rings. The highest BCUT2D eigenvalue weighted by atomic mass is 16.7. The summed E-state index contributed by atoms with van der Waals surface area (Å²) in [6.45, 7) is 8.87. The second kappa shape index (κ2) is 12.3. The number of azo groups is 1. The van der Waals surface area contributed by atoms with Gasteiger partial charge >= 0.3 is 12.2 Å². The number of pyridine rings is 1. The van der Waals surface area contributed by atoms with Crippen molar-refractivity contribution < 1.29 is 28.6 Å². The standard InChI is InChI=1S/C23H30N6O6/c1-14(2)13-33-22(32)34-17-9-7-6-8-15(17)28-29-16-10-11-18(27-20(16)24)26-19(30)12-25-21(31)35-23(3,4)5/h6-11,14H,12-13H2,1-5H3,(H,25,31)(H3,24,26,27,30)/b29-28+. The van der Waals surface area contributed by atoms with Crippen molar-refractivity contribution in [2.24, 2.45) is 16.1 Å². The molecule has 1 aromatic carbocycles. The van der Waals surface area contributed by atoms with E-state index in [9.17, 15) is 14.4 Å². The van der Waals surface area contributed by atoms with Gasteiger partial charge in [-0.2, -0.15) is 0 Å². The molecule has 2 rings (SSSR count). The Hall–Kier alpha value is -4.22. The highest BCUT2D eigenvalue weighted by Crippen LogP contribution is 2.30. The molecule has 0 radical (unpaired) electrons. The molecule has 12 nitrogen and oxygen atoms in total. The van der Waals surface area contributed by atoms with Gasteiger partial charge in [0, 0.05) is 0 Å². The first-order chi connectivity index (χ1) is 16.4. The maximum absolute atomic E-state index is 12.0. The lowest BCUT2D eigenvalue weighted by Gasteiger charge is -2.19. The van der Waals surface area contributed by atoms with Gasteiger partial charge in [0.2, 0.25) is 5.91 Å². The van der Waals surface area contributed by atoms with Gasteiger partial charge in [-0.1, -0.05) is 26.0 Å². The van der Waals surface area contributed by atoms with Crippen molar-refractivity contribution in [2.75, 3.05) is 24.2 Å². The summed E-state index contributed by atoms with van der Waals surface area (Å²) in [7, 11) is 0. The van der Waals surface area contributed by atoms with Crippen molar-refractivity contribution in [1.82, 2.24) is 10.3 Å². The lowest BCUT2D eigenvalue weighted by atomic mass is 10.2. The van der Waals surface area contributed by atoms with E-state index in [1.807, 2.05) is 13.8 Å². The number of aromatic nitrogens is 1. The zero-order chi connectivity index (χ0) is 26.0. The van der Waals surface area contributed by atoms with E-state index >= 15 is 0 Å². The molecule has 12 heteroatoms. The van der Waals surface area contributed by atoms with Crippen LogP contribution in [0.15, 0.2) is 46.6 Å². The van der Waals surface area contributed by atoms with Crippen LogP contribution in [0.4, 0.5) is 32.6 Å². The van der Waals surface area contributed by atoms with E-state index in [-0.39, 0.29) is 47.8 Å². The van der Waals surface area contributed by atoms with Crippen molar-refractivity contribution in [3.8, 4) is 5.75 Å². The van der Waals surface area contributed by atoms with Gasteiger partial charge in [-0.05, 0) is 51.0 Å². The Labute approximate surface area is 203 Å². The number of carbonyl (C=O) groups is 3. The van der Waals surface area contributed by atoms with Gasteiger partial charge < -0.3 is 30.6 Å². The third-order valence-corrected chi connectivity index (χ3v) is 3.82. The minimum absolute atomic E-state index is 0.00129. The number of alkyl carbamates (subject to hydrolysis) is 1. The van der Waals surface area contributed by atoms with Gasteiger partial charge in [0.15, 0.2) is 11.6 Å². The number of benzene rings is 1. The zero-order valence-corrected chi connectivity index (χ0v) is 20.3. The quantitative estimate of drug-likeness (QED) is 0.274. The average molecular weight is 487 g/mol. The Morgan fingerprint density at radius 3 is 2.40 bits per heavy atom. The first-order valence-electron chi connectivity index (χ1n) is 10.8. The largest absolute Gasteiger partial charge is 0.513 e. The van der Waals surface area contributed by atoms with Gasteiger partial charge in [0.25, 0.3) is 0 Å². The Kier molecular flexibility index (Phi) is 9.50. The number of anilines is 2. The summed E-state index contributed by atoms with van der Waals surface area (Å²) in [6, 6.07) is 9.51. The number of nitrogens with two attached hydrogens (primary N) is 1. The molecule has 188 valence electrons. The molecule has 0 aliphatic rings. The van der Waals surface area contributed by atoms with Crippen molar-refractivity contribution in [2.45, 2.75) is 40.2 Å². The summed E-state index contributed by atoms with van der Waals surface area (Å²) >= 11 is 0. The van der Waals surface area contributed by atoms with Crippen LogP contribution in [-0.4, -0.2) is 41.9 Å². The highest BCUT2D eigenvalue weighted by molar-refractivity contribution is 5.93. The Balaban J connectivity index is 1.99. The summed E-state index contributed by atoms with van der Waals surface area (Å²) in [5, 5.41) is 13.0. The second-order valence-corrected chi connectivity index (χ2v) is 8.73. The number of para-hydroxylation sites is 1. The minimum Gasteiger partial charge on any atom is -0.444 e. The molecule has 2 amide bonds. The SMILES string of the molecule is CC(C)COC(=O)Oc1ccccc1/N=N/c1ccc(NC(=O)CNC(=O)OC(C)(C)C)nc1N. The third-order valence-electron chi connectivity index (χ3n) is 3.82. The first-order valence-corrected chi connectivity index (χ1v) is 10.8. The molecular weight excluding hydrogens is 456 g/mol. The number of nitrogens with one attached hydrogen (secondary N) is 2. The molecule has 0 atom stereocenters. The molecule has 0 saturated heterocycles. The molecule has 0 unspecified atom stereocenters. The van der Waals surface area contributed by atoms with Crippen molar-refractivity contribution >= 4 is 41.2 Å². The van der Waals surface area contributed by atoms with E-state index in [1.165, 1.54) is 12.1 Å². The fourth-order valence-corrected chi connectivity index (χ4v) is 2.36. The zero-order valence-electron chi connectivity index (χ0n) is 20.3. The van der Waals surface area contributed by atoms with Gasteiger partial charge in [0.05, 0.1) is 6.61 Å². The average Bonchev–Trinajstić information content (AvgIpc) is 2.75. The molecular formula is C23H30N6O6. The van der Waals surface area contributed by atoms with Crippen LogP contribution in [0.1, 0.15) is 34.6 Å². The van der Waals surface area contributed by atoms with Crippen LogP contribution in [0.5, 0.6) is 5.75 Å². The molecule has 0 bridgehead atoms. The van der Waals surface area contributed by atoms with E-state index in [1.54, 1.807) is 45.0 Å². The second-order valence-electron chi connectivity index (χ2n) is 8.73. The number of hydrogen-bond acceptors (Lipinski definition) is 10. The van der Waals surface area contributed by atoms with Crippen LogP contribution >= 0.6 is 0 Å². The van der Waals surface area contributed by atoms with Crippen molar-refractivity contribution in [1.29, 1.82) is 0 Å². The summed E-state index contributed by atoms with van der Waals surface area (Å²) in [5.41, 5.74) is 5.76. The fourth-order valence-electron chi connectivity index (χ4n) is 2.36. The Morgan fingerprint density at radius 2 is 1.74 bits per heavy atom. The molecule has 2 aromatic rings. The lowest BCUT2D eigenvalue weighted by molar-refractivity contribution is -0.115. The van der Waals surface area contributed by atoms with E-state index in [4.69, 9.17) is 19.9 Å². The number of rotatable bonds is 8. The fraction of sp³-hybridized carbons (Fsp3) is 0.391. The van der Waals surface area contributed by atoms with Crippen LogP contribution in [0.25, 0.3) is 0 Å². The maximum atomic E-state index is 12.0. The minimum atomic E-state index is -0.844. The van der Waals surface area contributed by atoms with Gasteiger partial charge in [0.1, 0.15) is 29.3 Å². The molecule has 0 aliphatic carbocycles. The topological polar surface area (TPSA) is 167 Å². The molecule has 0 saturated carbocycles. The summed E-state index contributed by atoms with van der Waals surface area (Å²) in [4.78, 5) is 39.6.